The van der Waals surface area contributed by atoms with Crippen LogP contribution < -0.4 is 10.1 Å². The molecule has 0 saturated heterocycles. The monoisotopic (exact) mass is 207 g/mol. The van der Waals surface area contributed by atoms with Gasteiger partial charge in [0.05, 0.1) is 13.7 Å². The number of methoxy groups -OCH3 is 1. The van der Waals surface area contributed by atoms with Crippen LogP contribution in [0.25, 0.3) is 0 Å². The highest BCUT2D eigenvalue weighted by atomic mass is 16.5. The van der Waals surface area contributed by atoms with Crippen LogP contribution in [0.15, 0.2) is 18.2 Å². The van der Waals surface area contributed by atoms with Gasteiger partial charge in [0.2, 0.25) is 0 Å². The second kappa shape index (κ2) is 4.53. The van der Waals surface area contributed by atoms with Gasteiger partial charge in [-0.3, -0.25) is 0 Å². The Morgan fingerprint density at radius 2 is 2.27 bits per heavy atom. The van der Waals surface area contributed by atoms with Crippen molar-refractivity contribution in [2.45, 2.75) is 19.4 Å². The molecular formula is C12H17NO2. The summed E-state index contributed by atoms with van der Waals surface area (Å²) in [5, 5.41) is 12.5. The van der Waals surface area contributed by atoms with Crippen LogP contribution >= 0.6 is 0 Å². The number of anilines is 1. The molecule has 0 bridgehead atoms. The fraction of sp³-hybridized carbons (Fsp3) is 0.500. The highest BCUT2D eigenvalue weighted by Crippen LogP contribution is 2.29. The quantitative estimate of drug-likeness (QED) is 0.776. The smallest absolute Gasteiger partial charge is 0.124 e. The lowest BCUT2D eigenvalue weighted by Gasteiger charge is -2.10. The first-order valence-corrected chi connectivity index (χ1v) is 5.35. The summed E-state index contributed by atoms with van der Waals surface area (Å²) in [5.41, 5.74) is 1.89. The lowest BCUT2D eigenvalue weighted by Crippen LogP contribution is -2.04. The molecule has 3 nitrogen and oxygen atoms in total. The number of nitrogens with one attached hydrogen (secondary N) is 1. The molecule has 1 aliphatic carbocycles. The number of aliphatic hydroxyl groups is 1. The Kier molecular flexibility index (Phi) is 3.11. The van der Waals surface area contributed by atoms with Crippen LogP contribution in [0.3, 0.4) is 0 Å². The van der Waals surface area contributed by atoms with Gasteiger partial charge in [-0.15, -0.1) is 0 Å². The standard InChI is InChI=1S/C12H17NO2/c1-15-12-5-4-11(6-10(12)8-14)13-7-9-2-3-9/h4-6,9,13-14H,2-3,7-8H2,1H3. The van der Waals surface area contributed by atoms with Crippen molar-refractivity contribution in [2.24, 2.45) is 5.92 Å². The third kappa shape index (κ3) is 2.63. The first-order valence-electron chi connectivity index (χ1n) is 5.35. The second-order valence-corrected chi connectivity index (χ2v) is 4.01. The third-order valence-corrected chi connectivity index (χ3v) is 2.74. The Morgan fingerprint density at radius 3 is 2.87 bits per heavy atom. The molecular weight excluding hydrogens is 190 g/mol. The first-order chi connectivity index (χ1) is 7.33. The van der Waals surface area contributed by atoms with Crippen molar-refractivity contribution in [3.8, 4) is 5.75 Å². The van der Waals surface area contributed by atoms with Crippen LogP contribution in [0.4, 0.5) is 5.69 Å². The summed E-state index contributed by atoms with van der Waals surface area (Å²) >= 11 is 0. The van der Waals surface area contributed by atoms with Gasteiger partial charge < -0.3 is 15.2 Å². The summed E-state index contributed by atoms with van der Waals surface area (Å²) < 4.78 is 5.14. The van der Waals surface area contributed by atoms with E-state index in [1.54, 1.807) is 7.11 Å². The highest BCUT2D eigenvalue weighted by molar-refractivity contribution is 5.51. The summed E-state index contributed by atoms with van der Waals surface area (Å²) in [6, 6.07) is 5.82. The van der Waals surface area contributed by atoms with Crippen molar-refractivity contribution >= 4 is 5.69 Å². The first kappa shape index (κ1) is 10.3. The predicted molar refractivity (Wildman–Crippen MR) is 60.1 cm³/mol. The van der Waals surface area contributed by atoms with E-state index < -0.39 is 0 Å². The minimum atomic E-state index is 0.0160. The molecule has 0 radical (unpaired) electrons. The topological polar surface area (TPSA) is 41.5 Å². The molecule has 0 unspecified atom stereocenters. The lowest BCUT2D eigenvalue weighted by molar-refractivity contribution is 0.274. The minimum Gasteiger partial charge on any atom is -0.496 e. The van der Waals surface area contributed by atoms with Crippen LogP contribution in [0.2, 0.25) is 0 Å². The van der Waals surface area contributed by atoms with Crippen LogP contribution in [-0.4, -0.2) is 18.8 Å². The normalized spacial score (nSPS) is 15.1. The molecule has 0 atom stereocenters. The molecule has 15 heavy (non-hydrogen) atoms. The predicted octanol–water partition coefficient (Wildman–Crippen LogP) is 2.01. The molecule has 2 rings (SSSR count). The summed E-state index contributed by atoms with van der Waals surface area (Å²) in [5.74, 6) is 1.60. The van der Waals surface area contributed by atoms with Crippen molar-refractivity contribution in [1.29, 1.82) is 0 Å². The Balaban J connectivity index is 2.03. The van der Waals surface area contributed by atoms with E-state index in [0.29, 0.717) is 0 Å². The molecule has 2 N–H and O–H groups in total. The molecule has 0 amide bonds. The largest absolute Gasteiger partial charge is 0.496 e. The second-order valence-electron chi connectivity index (χ2n) is 4.01. The molecule has 1 fully saturated rings. The van der Waals surface area contributed by atoms with Gasteiger partial charge in [-0.2, -0.15) is 0 Å². The molecule has 0 spiro atoms. The van der Waals surface area contributed by atoms with Crippen LogP contribution in [0.1, 0.15) is 18.4 Å². The van der Waals surface area contributed by atoms with Gasteiger partial charge in [0.15, 0.2) is 0 Å². The van der Waals surface area contributed by atoms with Gasteiger partial charge in [0.25, 0.3) is 0 Å². The average Bonchev–Trinajstić information content (AvgIpc) is 3.09. The Morgan fingerprint density at radius 1 is 1.47 bits per heavy atom. The molecule has 0 aromatic heterocycles. The van der Waals surface area contributed by atoms with Crippen LogP contribution in [-0.2, 0) is 6.61 Å². The number of hydrogen-bond acceptors (Lipinski definition) is 3. The van der Waals surface area contributed by atoms with E-state index in [-0.39, 0.29) is 6.61 Å². The zero-order valence-electron chi connectivity index (χ0n) is 8.99. The number of ether oxygens (including phenoxy) is 1. The molecule has 1 saturated carbocycles. The zero-order valence-corrected chi connectivity index (χ0v) is 8.99. The maximum atomic E-state index is 9.16. The number of hydrogen-bond donors (Lipinski definition) is 2. The summed E-state index contributed by atoms with van der Waals surface area (Å²) in [6.07, 6.45) is 2.69. The summed E-state index contributed by atoms with van der Waals surface area (Å²) in [6.45, 7) is 1.05. The Hall–Kier alpha value is -1.22. The molecule has 0 aliphatic heterocycles. The van der Waals surface area contributed by atoms with Gasteiger partial charge >= 0.3 is 0 Å². The molecule has 82 valence electrons. The lowest BCUT2D eigenvalue weighted by atomic mass is 10.2. The van der Waals surface area contributed by atoms with Crippen LogP contribution in [0, 0.1) is 5.92 Å². The van der Waals surface area contributed by atoms with Crippen molar-refractivity contribution in [2.75, 3.05) is 19.0 Å². The molecule has 3 heteroatoms. The van der Waals surface area contributed by atoms with Crippen LogP contribution in [0.5, 0.6) is 5.75 Å². The van der Waals surface area contributed by atoms with E-state index in [1.165, 1.54) is 12.8 Å². The summed E-state index contributed by atoms with van der Waals surface area (Å²) in [7, 11) is 1.62. The van der Waals surface area contributed by atoms with Gasteiger partial charge in [0, 0.05) is 17.8 Å². The third-order valence-electron chi connectivity index (χ3n) is 2.74. The van der Waals surface area contributed by atoms with Crippen molar-refractivity contribution in [1.82, 2.24) is 0 Å². The number of aliphatic hydroxyl groups excluding tert-OH is 1. The molecule has 0 heterocycles. The van der Waals surface area contributed by atoms with Crippen molar-refractivity contribution < 1.29 is 9.84 Å². The maximum Gasteiger partial charge on any atom is 0.124 e. The average molecular weight is 207 g/mol. The van der Waals surface area contributed by atoms with E-state index in [1.807, 2.05) is 18.2 Å². The van der Waals surface area contributed by atoms with E-state index >= 15 is 0 Å². The fourth-order valence-electron chi connectivity index (χ4n) is 1.60. The van der Waals surface area contributed by atoms with E-state index in [9.17, 15) is 0 Å². The molecule has 1 aromatic rings. The molecule has 1 aromatic carbocycles. The molecule has 1 aliphatic rings. The maximum absolute atomic E-state index is 9.16. The Bertz CT molecular complexity index is 334. The SMILES string of the molecule is COc1ccc(NCC2CC2)cc1CO. The van der Waals surface area contributed by atoms with Gasteiger partial charge in [-0.05, 0) is 37.0 Å². The summed E-state index contributed by atoms with van der Waals surface area (Å²) in [4.78, 5) is 0. The van der Waals surface area contributed by atoms with E-state index in [0.717, 1.165) is 29.5 Å². The zero-order chi connectivity index (χ0) is 10.7. The van der Waals surface area contributed by atoms with Crippen molar-refractivity contribution in [3.05, 3.63) is 23.8 Å². The fourth-order valence-corrected chi connectivity index (χ4v) is 1.60. The number of benzene rings is 1. The van der Waals surface area contributed by atoms with Gasteiger partial charge in [0.1, 0.15) is 5.75 Å². The van der Waals surface area contributed by atoms with Gasteiger partial charge in [-0.25, -0.2) is 0 Å². The number of rotatable bonds is 5. The highest BCUT2D eigenvalue weighted by Gasteiger charge is 2.20. The minimum absolute atomic E-state index is 0.0160. The van der Waals surface area contributed by atoms with Crippen molar-refractivity contribution in [3.63, 3.8) is 0 Å². The van der Waals surface area contributed by atoms with Gasteiger partial charge in [-0.1, -0.05) is 0 Å². The van der Waals surface area contributed by atoms with E-state index in [4.69, 9.17) is 9.84 Å². The van der Waals surface area contributed by atoms with E-state index in [2.05, 4.69) is 5.32 Å². The Labute approximate surface area is 90.1 Å².